The predicted molar refractivity (Wildman–Crippen MR) is 53.4 cm³/mol. The second-order valence-electron chi connectivity index (χ2n) is 2.98. The van der Waals surface area contributed by atoms with Gasteiger partial charge in [0.2, 0.25) is 5.56 Å². The van der Waals surface area contributed by atoms with E-state index in [1.165, 1.54) is 12.3 Å². The van der Waals surface area contributed by atoms with E-state index in [1.807, 2.05) is 0 Å². The van der Waals surface area contributed by atoms with E-state index in [4.69, 9.17) is 11.6 Å². The SMILES string of the molecule is O=c1cc(C(O)C(O)CCCl)cc[nH]1. The monoisotopic (exact) mass is 217 g/mol. The maximum absolute atomic E-state index is 10.9. The van der Waals surface area contributed by atoms with Crippen LogP contribution in [0.3, 0.4) is 0 Å². The van der Waals surface area contributed by atoms with Crippen LogP contribution in [-0.2, 0) is 0 Å². The molecule has 0 aliphatic heterocycles. The van der Waals surface area contributed by atoms with Gasteiger partial charge in [0.25, 0.3) is 0 Å². The van der Waals surface area contributed by atoms with Gasteiger partial charge in [0.05, 0.1) is 6.10 Å². The molecule has 0 aliphatic rings. The van der Waals surface area contributed by atoms with Gasteiger partial charge in [-0.15, -0.1) is 11.6 Å². The maximum Gasteiger partial charge on any atom is 0.248 e. The maximum atomic E-state index is 10.9. The lowest BCUT2D eigenvalue weighted by Crippen LogP contribution is -2.20. The number of hydrogen-bond acceptors (Lipinski definition) is 3. The summed E-state index contributed by atoms with van der Waals surface area (Å²) < 4.78 is 0. The Morgan fingerprint density at radius 3 is 2.79 bits per heavy atom. The quantitative estimate of drug-likeness (QED) is 0.640. The number of aliphatic hydroxyl groups is 2. The average molecular weight is 218 g/mol. The Kier molecular flexibility index (Phi) is 4.13. The van der Waals surface area contributed by atoms with Crippen molar-refractivity contribution in [3.63, 3.8) is 0 Å². The third-order valence-corrected chi connectivity index (χ3v) is 2.13. The summed E-state index contributed by atoms with van der Waals surface area (Å²) in [5.41, 5.74) is 0.0889. The summed E-state index contributed by atoms with van der Waals surface area (Å²) in [5.74, 6) is 0.265. The summed E-state index contributed by atoms with van der Waals surface area (Å²) in [7, 11) is 0. The molecule has 14 heavy (non-hydrogen) atoms. The summed E-state index contributed by atoms with van der Waals surface area (Å²) >= 11 is 5.42. The first-order valence-corrected chi connectivity index (χ1v) is 4.79. The number of H-pyrrole nitrogens is 1. The van der Waals surface area contributed by atoms with Gasteiger partial charge in [0.1, 0.15) is 6.10 Å². The Hall–Kier alpha value is -0.840. The van der Waals surface area contributed by atoms with E-state index in [-0.39, 0.29) is 17.9 Å². The molecule has 0 saturated heterocycles. The fourth-order valence-corrected chi connectivity index (χ4v) is 1.36. The van der Waals surface area contributed by atoms with Crippen molar-refractivity contribution in [2.24, 2.45) is 0 Å². The molecule has 0 saturated carbocycles. The molecular formula is C9H12ClNO3. The molecule has 2 atom stereocenters. The lowest BCUT2D eigenvalue weighted by Gasteiger charge is -2.16. The highest BCUT2D eigenvalue weighted by Gasteiger charge is 2.17. The molecule has 0 aromatic carbocycles. The Bertz CT molecular complexity index is 339. The van der Waals surface area contributed by atoms with Crippen LogP contribution in [0, 0.1) is 0 Å². The number of nitrogens with one attached hydrogen (secondary N) is 1. The zero-order valence-electron chi connectivity index (χ0n) is 7.48. The van der Waals surface area contributed by atoms with Crippen molar-refractivity contribution in [3.05, 3.63) is 34.2 Å². The van der Waals surface area contributed by atoms with Crippen LogP contribution in [0.15, 0.2) is 23.1 Å². The first-order valence-electron chi connectivity index (χ1n) is 4.26. The molecule has 5 heteroatoms. The third-order valence-electron chi connectivity index (χ3n) is 1.91. The smallest absolute Gasteiger partial charge is 0.248 e. The number of aromatic nitrogens is 1. The van der Waals surface area contributed by atoms with Gasteiger partial charge in [-0.05, 0) is 18.1 Å². The molecule has 3 N–H and O–H groups in total. The molecule has 0 aliphatic carbocycles. The van der Waals surface area contributed by atoms with E-state index in [2.05, 4.69) is 4.98 Å². The highest BCUT2D eigenvalue weighted by molar-refractivity contribution is 6.17. The van der Waals surface area contributed by atoms with Crippen molar-refractivity contribution < 1.29 is 10.2 Å². The normalized spacial score (nSPS) is 15.1. The van der Waals surface area contributed by atoms with E-state index >= 15 is 0 Å². The van der Waals surface area contributed by atoms with Gasteiger partial charge in [0.15, 0.2) is 0 Å². The minimum atomic E-state index is -1.06. The predicted octanol–water partition coefficient (Wildman–Crippen LogP) is 0.398. The molecule has 4 nitrogen and oxygen atoms in total. The van der Waals surface area contributed by atoms with Crippen LogP contribution in [0.2, 0.25) is 0 Å². The first-order chi connectivity index (χ1) is 6.65. The van der Waals surface area contributed by atoms with Crippen molar-refractivity contribution in [1.82, 2.24) is 4.98 Å². The molecule has 0 bridgehead atoms. The molecule has 1 rings (SSSR count). The Labute approximate surface area is 86.2 Å². The number of hydrogen-bond donors (Lipinski definition) is 3. The van der Waals surface area contributed by atoms with Crippen molar-refractivity contribution in [2.75, 3.05) is 5.88 Å². The second kappa shape index (κ2) is 5.14. The number of aromatic amines is 1. The number of halogens is 1. The first kappa shape index (κ1) is 11.2. The number of alkyl halides is 1. The van der Waals surface area contributed by atoms with Crippen LogP contribution in [0.1, 0.15) is 18.1 Å². The van der Waals surface area contributed by atoms with Crippen LogP contribution in [0.25, 0.3) is 0 Å². The van der Waals surface area contributed by atoms with Crippen molar-refractivity contribution in [3.8, 4) is 0 Å². The van der Waals surface area contributed by atoms with Crippen molar-refractivity contribution >= 4 is 11.6 Å². The average Bonchev–Trinajstić information content (AvgIpc) is 2.17. The Balaban J connectivity index is 2.78. The minimum absolute atomic E-state index is 0.265. The zero-order valence-corrected chi connectivity index (χ0v) is 8.24. The molecule has 0 fully saturated rings. The van der Waals surface area contributed by atoms with Gasteiger partial charge in [-0.25, -0.2) is 0 Å². The van der Waals surface area contributed by atoms with Gasteiger partial charge >= 0.3 is 0 Å². The zero-order chi connectivity index (χ0) is 10.6. The molecule has 1 heterocycles. The van der Waals surface area contributed by atoms with Crippen molar-refractivity contribution in [1.29, 1.82) is 0 Å². The summed E-state index contributed by atoms with van der Waals surface area (Å²) in [5, 5.41) is 19.0. The van der Waals surface area contributed by atoms with E-state index in [1.54, 1.807) is 6.07 Å². The molecule has 2 unspecified atom stereocenters. The molecule has 0 radical (unpaired) electrons. The van der Waals surface area contributed by atoms with Gasteiger partial charge in [-0.3, -0.25) is 4.79 Å². The van der Waals surface area contributed by atoms with E-state index in [0.717, 1.165) is 0 Å². The van der Waals surface area contributed by atoms with Gasteiger partial charge in [-0.1, -0.05) is 0 Å². The molecule has 1 aromatic heterocycles. The standard InChI is InChI=1S/C9H12ClNO3/c10-3-1-7(12)9(14)6-2-4-11-8(13)5-6/h2,4-5,7,9,12,14H,1,3H2,(H,11,13). The summed E-state index contributed by atoms with van der Waals surface area (Å²) in [6.07, 6.45) is -0.283. The highest BCUT2D eigenvalue weighted by Crippen LogP contribution is 2.17. The van der Waals surface area contributed by atoms with Gasteiger partial charge in [-0.2, -0.15) is 0 Å². The fraction of sp³-hybridized carbons (Fsp3) is 0.444. The highest BCUT2D eigenvalue weighted by atomic mass is 35.5. The largest absolute Gasteiger partial charge is 0.390 e. The van der Waals surface area contributed by atoms with Crippen molar-refractivity contribution in [2.45, 2.75) is 18.6 Å². The summed E-state index contributed by atoms with van der Waals surface area (Å²) in [6, 6.07) is 2.80. The van der Waals surface area contributed by atoms with E-state index < -0.39 is 12.2 Å². The summed E-state index contributed by atoms with van der Waals surface area (Å²) in [6.45, 7) is 0. The lowest BCUT2D eigenvalue weighted by atomic mass is 10.0. The van der Waals surface area contributed by atoms with Crippen LogP contribution < -0.4 is 5.56 Å². The number of aliphatic hydroxyl groups excluding tert-OH is 2. The third kappa shape index (κ3) is 2.83. The van der Waals surface area contributed by atoms with Crippen LogP contribution in [0.4, 0.5) is 0 Å². The fourth-order valence-electron chi connectivity index (χ4n) is 1.14. The molecule has 0 amide bonds. The Morgan fingerprint density at radius 1 is 1.50 bits per heavy atom. The van der Waals surface area contributed by atoms with E-state index in [0.29, 0.717) is 5.56 Å². The molecule has 0 spiro atoms. The summed E-state index contributed by atoms with van der Waals surface area (Å²) in [4.78, 5) is 13.3. The molecule has 78 valence electrons. The topological polar surface area (TPSA) is 73.3 Å². The van der Waals surface area contributed by atoms with Crippen LogP contribution in [-0.4, -0.2) is 27.2 Å². The minimum Gasteiger partial charge on any atom is -0.390 e. The second-order valence-corrected chi connectivity index (χ2v) is 3.35. The molecule has 1 aromatic rings. The number of rotatable bonds is 4. The molecular weight excluding hydrogens is 206 g/mol. The van der Waals surface area contributed by atoms with Gasteiger partial charge < -0.3 is 15.2 Å². The lowest BCUT2D eigenvalue weighted by molar-refractivity contribution is 0.0169. The van der Waals surface area contributed by atoms with Crippen LogP contribution in [0.5, 0.6) is 0 Å². The van der Waals surface area contributed by atoms with E-state index in [9.17, 15) is 15.0 Å². The number of pyridine rings is 1. The Morgan fingerprint density at radius 2 is 2.21 bits per heavy atom. The van der Waals surface area contributed by atoms with Crippen LogP contribution >= 0.6 is 11.6 Å². The van der Waals surface area contributed by atoms with Gasteiger partial charge in [0, 0.05) is 18.1 Å².